The van der Waals surface area contributed by atoms with Crippen LogP contribution in [-0.2, 0) is 27.2 Å². The van der Waals surface area contributed by atoms with Gasteiger partial charge in [0.05, 0.1) is 17.9 Å². The van der Waals surface area contributed by atoms with Crippen molar-refractivity contribution in [2.75, 3.05) is 23.8 Å². The molecule has 0 radical (unpaired) electrons. The van der Waals surface area contributed by atoms with E-state index in [0.29, 0.717) is 11.3 Å². The lowest BCUT2D eigenvalue weighted by Gasteiger charge is -2.28. The van der Waals surface area contributed by atoms with Crippen molar-refractivity contribution in [1.82, 2.24) is 0 Å². The Morgan fingerprint density at radius 1 is 1.03 bits per heavy atom. The third-order valence-corrected chi connectivity index (χ3v) is 6.43. The van der Waals surface area contributed by atoms with Crippen LogP contribution in [0.1, 0.15) is 40.7 Å². The highest BCUT2D eigenvalue weighted by molar-refractivity contribution is 8.00. The van der Waals surface area contributed by atoms with Crippen LogP contribution in [0.3, 0.4) is 0 Å². The molecule has 29 heavy (non-hydrogen) atoms. The zero-order valence-corrected chi connectivity index (χ0v) is 17.0. The fourth-order valence-corrected chi connectivity index (χ4v) is 4.75. The molecule has 2 aliphatic rings. The summed E-state index contributed by atoms with van der Waals surface area (Å²) in [7, 11) is 0. The summed E-state index contributed by atoms with van der Waals surface area (Å²) in [5.41, 5.74) is 3.96. The van der Waals surface area contributed by atoms with E-state index in [1.54, 1.807) is 4.90 Å². The molecular formula is C23H23NO4S. The van der Waals surface area contributed by atoms with Gasteiger partial charge < -0.3 is 9.64 Å². The molecule has 5 nitrogen and oxygen atoms in total. The minimum Gasteiger partial charge on any atom is -0.457 e. The highest BCUT2D eigenvalue weighted by Crippen LogP contribution is 2.34. The number of ether oxygens (including phenoxy) is 1. The Balaban J connectivity index is 1.30. The number of esters is 1. The van der Waals surface area contributed by atoms with Gasteiger partial charge in [0.25, 0.3) is 0 Å². The first-order chi connectivity index (χ1) is 14.1. The van der Waals surface area contributed by atoms with Crippen molar-refractivity contribution in [1.29, 1.82) is 0 Å². The summed E-state index contributed by atoms with van der Waals surface area (Å²) in [6.45, 7) is -0.0136. The number of hydrogen-bond donors (Lipinski definition) is 0. The number of aryl methyl sites for hydroxylation is 2. The van der Waals surface area contributed by atoms with Gasteiger partial charge in [-0.05, 0) is 55.0 Å². The molecule has 1 heterocycles. The Kier molecular flexibility index (Phi) is 6.00. The first-order valence-corrected chi connectivity index (χ1v) is 10.9. The van der Waals surface area contributed by atoms with Gasteiger partial charge in [-0.15, -0.1) is 11.8 Å². The first-order valence-electron chi connectivity index (χ1n) is 9.94. The number of rotatable bonds is 6. The SMILES string of the molecule is O=C(CCN1C(=O)CSc2ccccc21)OCC(=O)c1ccc2c(c1)CCCC2. The van der Waals surface area contributed by atoms with E-state index in [-0.39, 0.29) is 31.3 Å². The molecule has 1 aliphatic heterocycles. The van der Waals surface area contributed by atoms with Gasteiger partial charge in [0.1, 0.15) is 0 Å². The number of thioether (sulfide) groups is 1. The molecule has 2 aromatic rings. The number of Topliss-reactive ketones (excluding diaryl/α,β-unsaturated/α-hetero) is 1. The van der Waals surface area contributed by atoms with Crippen LogP contribution in [0.5, 0.6) is 0 Å². The molecule has 0 aromatic heterocycles. The molecule has 4 rings (SSSR count). The van der Waals surface area contributed by atoms with E-state index in [1.165, 1.54) is 29.3 Å². The van der Waals surface area contributed by atoms with Crippen molar-refractivity contribution in [2.45, 2.75) is 37.0 Å². The third-order valence-electron chi connectivity index (χ3n) is 5.38. The van der Waals surface area contributed by atoms with Crippen LogP contribution < -0.4 is 4.90 Å². The minimum atomic E-state index is -0.472. The molecule has 1 amide bonds. The fraction of sp³-hybridized carbons (Fsp3) is 0.348. The first kappa shape index (κ1) is 19.7. The summed E-state index contributed by atoms with van der Waals surface area (Å²) in [4.78, 5) is 39.5. The molecule has 2 aromatic carbocycles. The molecule has 0 spiro atoms. The number of hydrogen-bond acceptors (Lipinski definition) is 5. The maximum atomic E-state index is 12.4. The van der Waals surface area contributed by atoms with E-state index in [1.807, 2.05) is 42.5 Å². The third kappa shape index (κ3) is 4.53. The maximum Gasteiger partial charge on any atom is 0.308 e. The van der Waals surface area contributed by atoms with Crippen molar-refractivity contribution < 1.29 is 19.1 Å². The van der Waals surface area contributed by atoms with Crippen LogP contribution >= 0.6 is 11.8 Å². The Bertz CT molecular complexity index is 956. The molecule has 0 unspecified atom stereocenters. The molecule has 0 N–H and O–H groups in total. The second-order valence-corrected chi connectivity index (χ2v) is 8.34. The molecule has 1 aliphatic carbocycles. The molecule has 0 bridgehead atoms. The van der Waals surface area contributed by atoms with Gasteiger partial charge in [-0.2, -0.15) is 0 Å². The van der Waals surface area contributed by atoms with Crippen LogP contribution in [-0.4, -0.2) is 36.6 Å². The van der Waals surface area contributed by atoms with Gasteiger partial charge in [0.2, 0.25) is 5.91 Å². The van der Waals surface area contributed by atoms with Crippen molar-refractivity contribution in [3.8, 4) is 0 Å². The topological polar surface area (TPSA) is 63.7 Å². The minimum absolute atomic E-state index is 0.0216. The predicted molar refractivity (Wildman–Crippen MR) is 113 cm³/mol. The van der Waals surface area contributed by atoms with Crippen LogP contribution in [0.4, 0.5) is 5.69 Å². The number of carbonyl (C=O) groups excluding carboxylic acids is 3. The quantitative estimate of drug-likeness (QED) is 0.536. The number of carbonyl (C=O) groups is 3. The lowest BCUT2D eigenvalue weighted by Crippen LogP contribution is -2.37. The molecular weight excluding hydrogens is 386 g/mol. The highest BCUT2D eigenvalue weighted by Gasteiger charge is 2.25. The smallest absolute Gasteiger partial charge is 0.308 e. The normalized spacial score (nSPS) is 15.4. The number of nitrogens with zero attached hydrogens (tertiary/aromatic N) is 1. The molecule has 0 fully saturated rings. The standard InChI is InChI=1S/C23H23NO4S/c25-20(18-10-9-16-5-1-2-6-17(16)13-18)14-28-23(27)11-12-24-19-7-3-4-8-21(19)29-15-22(24)26/h3-4,7-10,13H,1-2,5-6,11-12,14-15H2. The van der Waals surface area contributed by atoms with Gasteiger partial charge in [0.15, 0.2) is 12.4 Å². The van der Waals surface area contributed by atoms with E-state index in [4.69, 9.17) is 4.74 Å². The van der Waals surface area contributed by atoms with E-state index in [2.05, 4.69) is 0 Å². The zero-order valence-electron chi connectivity index (χ0n) is 16.2. The van der Waals surface area contributed by atoms with Crippen molar-refractivity contribution in [3.05, 3.63) is 59.2 Å². The monoisotopic (exact) mass is 409 g/mol. The number of anilines is 1. The second kappa shape index (κ2) is 8.82. The largest absolute Gasteiger partial charge is 0.457 e. The summed E-state index contributed by atoms with van der Waals surface area (Å²) >= 11 is 1.50. The Morgan fingerprint density at radius 2 is 1.83 bits per heavy atom. The average Bonchev–Trinajstić information content (AvgIpc) is 2.76. The Labute approximate surface area is 174 Å². The van der Waals surface area contributed by atoms with E-state index in [9.17, 15) is 14.4 Å². The Hall–Kier alpha value is -2.60. The van der Waals surface area contributed by atoms with E-state index >= 15 is 0 Å². The second-order valence-electron chi connectivity index (χ2n) is 7.33. The number of amides is 1. The van der Waals surface area contributed by atoms with Gasteiger partial charge in [-0.3, -0.25) is 14.4 Å². The number of fused-ring (bicyclic) bond motifs is 2. The lowest BCUT2D eigenvalue weighted by atomic mass is 9.90. The van der Waals surface area contributed by atoms with Crippen molar-refractivity contribution in [2.24, 2.45) is 0 Å². The molecule has 0 saturated carbocycles. The number of para-hydroxylation sites is 1. The molecule has 6 heteroatoms. The summed E-state index contributed by atoms with van der Waals surface area (Å²) in [5.74, 6) is -0.322. The molecule has 0 atom stereocenters. The summed E-state index contributed by atoms with van der Waals surface area (Å²) in [6, 6.07) is 13.4. The maximum absolute atomic E-state index is 12.4. The zero-order chi connectivity index (χ0) is 20.2. The van der Waals surface area contributed by atoms with Gasteiger partial charge in [0, 0.05) is 17.0 Å². The number of ketones is 1. The van der Waals surface area contributed by atoms with Crippen LogP contribution in [0.2, 0.25) is 0 Å². The number of benzene rings is 2. The average molecular weight is 410 g/mol. The Morgan fingerprint density at radius 3 is 2.69 bits per heavy atom. The molecule has 150 valence electrons. The molecule has 0 saturated heterocycles. The fourth-order valence-electron chi connectivity index (χ4n) is 3.81. The van der Waals surface area contributed by atoms with Gasteiger partial charge in [-0.1, -0.05) is 24.3 Å². The summed E-state index contributed by atoms with van der Waals surface area (Å²) in [5, 5.41) is 0. The predicted octanol–water partition coefficient (Wildman–Crippen LogP) is 3.82. The van der Waals surface area contributed by atoms with Crippen LogP contribution in [0.25, 0.3) is 0 Å². The van der Waals surface area contributed by atoms with E-state index in [0.717, 1.165) is 29.8 Å². The van der Waals surface area contributed by atoms with Crippen molar-refractivity contribution in [3.63, 3.8) is 0 Å². The van der Waals surface area contributed by atoms with Gasteiger partial charge >= 0.3 is 5.97 Å². The summed E-state index contributed by atoms with van der Waals surface area (Å²) in [6.07, 6.45) is 4.47. The lowest BCUT2D eigenvalue weighted by molar-refractivity contribution is -0.142. The van der Waals surface area contributed by atoms with Crippen LogP contribution in [0, 0.1) is 0 Å². The van der Waals surface area contributed by atoms with Gasteiger partial charge in [-0.25, -0.2) is 0 Å². The van der Waals surface area contributed by atoms with Crippen LogP contribution in [0.15, 0.2) is 47.4 Å². The summed E-state index contributed by atoms with van der Waals surface area (Å²) < 4.78 is 5.18. The highest BCUT2D eigenvalue weighted by atomic mass is 32.2. The van der Waals surface area contributed by atoms with Crippen molar-refractivity contribution >= 4 is 35.1 Å². The van der Waals surface area contributed by atoms with E-state index < -0.39 is 5.97 Å².